The van der Waals surface area contributed by atoms with Crippen LogP contribution >= 0.6 is 0 Å². The number of fused-ring (bicyclic) bond motifs is 1. The largest absolute Gasteiger partial charge is 0.396 e. The number of hydrogen-bond acceptors (Lipinski definition) is 3. The Morgan fingerprint density at radius 2 is 2.12 bits per heavy atom. The Kier molecular flexibility index (Phi) is 5.46. The van der Waals surface area contributed by atoms with Crippen LogP contribution in [0.2, 0.25) is 0 Å². The molecule has 0 saturated heterocycles. The van der Waals surface area contributed by atoms with Gasteiger partial charge in [0.05, 0.1) is 6.04 Å². The molecular formula is C20H23FN2O2. The minimum Gasteiger partial charge on any atom is -0.396 e. The van der Waals surface area contributed by atoms with Gasteiger partial charge in [0.15, 0.2) is 0 Å². The number of hydrogen-bond donors (Lipinski definition) is 3. The van der Waals surface area contributed by atoms with Crippen LogP contribution in [0.3, 0.4) is 0 Å². The molecule has 3 rings (SSSR count). The highest BCUT2D eigenvalue weighted by Crippen LogP contribution is 2.29. The number of nitrogens with one attached hydrogen (secondary N) is 1. The Morgan fingerprint density at radius 3 is 2.88 bits per heavy atom. The molecule has 0 bridgehead atoms. The Bertz CT molecular complexity index is 763. The summed E-state index contributed by atoms with van der Waals surface area (Å²) in [5.41, 5.74) is 9.25. The van der Waals surface area contributed by atoms with E-state index >= 15 is 0 Å². The van der Waals surface area contributed by atoms with Crippen LogP contribution in [0.1, 0.15) is 58.4 Å². The lowest BCUT2D eigenvalue weighted by molar-refractivity contribution is 0.0929. The summed E-state index contributed by atoms with van der Waals surface area (Å²) < 4.78 is 14.0. The van der Waals surface area contributed by atoms with Crippen LogP contribution in [0, 0.1) is 5.82 Å². The molecule has 4 N–H and O–H groups in total. The van der Waals surface area contributed by atoms with Crippen molar-refractivity contribution in [2.45, 2.75) is 37.8 Å². The van der Waals surface area contributed by atoms with Gasteiger partial charge >= 0.3 is 0 Å². The average molecular weight is 342 g/mol. The Hall–Kier alpha value is -2.24. The first-order chi connectivity index (χ1) is 12.1. The van der Waals surface area contributed by atoms with Crippen molar-refractivity contribution in [3.05, 3.63) is 70.5 Å². The zero-order valence-electron chi connectivity index (χ0n) is 14.0. The molecule has 132 valence electrons. The molecule has 25 heavy (non-hydrogen) atoms. The number of aliphatic hydroxyl groups excluding tert-OH is 1. The van der Waals surface area contributed by atoms with Crippen molar-refractivity contribution >= 4 is 5.91 Å². The molecule has 2 atom stereocenters. The molecule has 0 radical (unpaired) electrons. The summed E-state index contributed by atoms with van der Waals surface area (Å²) in [5.74, 6) is -0.684. The maximum atomic E-state index is 14.0. The van der Waals surface area contributed by atoms with Crippen molar-refractivity contribution < 1.29 is 14.3 Å². The zero-order chi connectivity index (χ0) is 17.8. The fourth-order valence-electron chi connectivity index (χ4n) is 3.41. The number of carbonyl (C=O) groups is 1. The van der Waals surface area contributed by atoms with E-state index in [0.29, 0.717) is 11.1 Å². The topological polar surface area (TPSA) is 75.4 Å². The van der Waals surface area contributed by atoms with E-state index in [1.54, 1.807) is 24.3 Å². The number of nitrogens with two attached hydrogens (primary N) is 1. The summed E-state index contributed by atoms with van der Waals surface area (Å²) in [6.07, 6.45) is 3.20. The van der Waals surface area contributed by atoms with Gasteiger partial charge in [0.25, 0.3) is 5.91 Å². The zero-order valence-corrected chi connectivity index (χ0v) is 14.0. The van der Waals surface area contributed by atoms with Gasteiger partial charge in [-0.05, 0) is 55.0 Å². The van der Waals surface area contributed by atoms with E-state index in [9.17, 15) is 14.3 Å². The molecule has 2 aromatic rings. The van der Waals surface area contributed by atoms with E-state index in [1.165, 1.54) is 11.6 Å². The van der Waals surface area contributed by atoms with Crippen molar-refractivity contribution in [2.75, 3.05) is 6.61 Å². The number of benzene rings is 2. The molecule has 4 nitrogen and oxygen atoms in total. The third kappa shape index (κ3) is 3.89. The van der Waals surface area contributed by atoms with E-state index < -0.39 is 11.9 Å². The van der Waals surface area contributed by atoms with E-state index in [-0.39, 0.29) is 25.0 Å². The standard InChI is InChI=1S/C20H23FN2O2/c21-17-6-2-1-5-15(17)19(10-11-24)23-20(25)14-9-8-13-4-3-7-18(22)16(13)12-14/h1-2,5-6,8-9,12,18-19,24H,3-4,7,10-11,22H2,(H,23,25). The van der Waals surface area contributed by atoms with Crippen molar-refractivity contribution in [1.29, 1.82) is 0 Å². The quantitative estimate of drug-likeness (QED) is 0.782. The van der Waals surface area contributed by atoms with Crippen LogP contribution in [0.15, 0.2) is 42.5 Å². The SMILES string of the molecule is NC1CCCc2ccc(C(=O)NC(CCO)c3ccccc3F)cc21. The maximum Gasteiger partial charge on any atom is 0.251 e. The summed E-state index contributed by atoms with van der Waals surface area (Å²) >= 11 is 0. The van der Waals surface area contributed by atoms with E-state index in [4.69, 9.17) is 5.73 Å². The second-order valence-electron chi connectivity index (χ2n) is 6.47. The van der Waals surface area contributed by atoms with E-state index in [1.807, 2.05) is 12.1 Å². The third-order valence-corrected chi connectivity index (χ3v) is 4.77. The van der Waals surface area contributed by atoms with Gasteiger partial charge in [-0.15, -0.1) is 0 Å². The average Bonchev–Trinajstić information content (AvgIpc) is 2.62. The second-order valence-corrected chi connectivity index (χ2v) is 6.47. The minimum absolute atomic E-state index is 0.0451. The van der Waals surface area contributed by atoms with E-state index in [0.717, 1.165) is 24.8 Å². The molecular weight excluding hydrogens is 319 g/mol. The molecule has 1 amide bonds. The van der Waals surface area contributed by atoms with Gasteiger partial charge in [-0.25, -0.2) is 4.39 Å². The molecule has 0 aliphatic heterocycles. The summed E-state index contributed by atoms with van der Waals surface area (Å²) in [6, 6.07) is 11.2. The Morgan fingerprint density at radius 1 is 1.32 bits per heavy atom. The normalized spacial score (nSPS) is 17.6. The Balaban J connectivity index is 1.82. The number of amides is 1. The summed E-state index contributed by atoms with van der Waals surface area (Å²) in [4.78, 5) is 12.7. The van der Waals surface area contributed by atoms with Gasteiger partial charge in [0, 0.05) is 23.8 Å². The number of halogens is 1. The van der Waals surface area contributed by atoms with Gasteiger partial charge < -0.3 is 16.2 Å². The first-order valence-corrected chi connectivity index (χ1v) is 8.64. The van der Waals surface area contributed by atoms with Crippen molar-refractivity contribution in [1.82, 2.24) is 5.32 Å². The number of rotatable bonds is 5. The molecule has 1 aliphatic carbocycles. The van der Waals surface area contributed by atoms with E-state index in [2.05, 4.69) is 5.32 Å². The molecule has 2 aromatic carbocycles. The highest BCUT2D eigenvalue weighted by Gasteiger charge is 2.21. The maximum absolute atomic E-state index is 14.0. The number of aryl methyl sites for hydroxylation is 1. The van der Waals surface area contributed by atoms with Gasteiger partial charge in [-0.2, -0.15) is 0 Å². The van der Waals surface area contributed by atoms with Crippen LogP contribution in [0.25, 0.3) is 0 Å². The number of aliphatic hydroxyl groups is 1. The fourth-order valence-corrected chi connectivity index (χ4v) is 3.41. The molecule has 0 saturated carbocycles. The molecule has 0 heterocycles. The first kappa shape index (κ1) is 17.6. The third-order valence-electron chi connectivity index (χ3n) is 4.77. The minimum atomic E-state index is -0.580. The first-order valence-electron chi connectivity index (χ1n) is 8.64. The smallest absolute Gasteiger partial charge is 0.251 e. The van der Waals surface area contributed by atoms with Crippen molar-refractivity contribution in [3.63, 3.8) is 0 Å². The van der Waals surface area contributed by atoms with Gasteiger partial charge in [-0.3, -0.25) is 4.79 Å². The summed E-state index contributed by atoms with van der Waals surface area (Å²) in [7, 11) is 0. The molecule has 0 spiro atoms. The molecule has 0 aromatic heterocycles. The van der Waals surface area contributed by atoms with Crippen LogP contribution in [-0.2, 0) is 6.42 Å². The van der Waals surface area contributed by atoms with Crippen LogP contribution in [-0.4, -0.2) is 17.6 Å². The highest BCUT2D eigenvalue weighted by atomic mass is 19.1. The summed E-state index contributed by atoms with van der Waals surface area (Å²) in [5, 5.41) is 12.1. The fraction of sp³-hybridized carbons (Fsp3) is 0.350. The lowest BCUT2D eigenvalue weighted by atomic mass is 9.87. The molecule has 5 heteroatoms. The predicted molar refractivity (Wildman–Crippen MR) is 94.6 cm³/mol. The van der Waals surface area contributed by atoms with Crippen LogP contribution in [0.4, 0.5) is 4.39 Å². The monoisotopic (exact) mass is 342 g/mol. The van der Waals surface area contributed by atoms with Crippen molar-refractivity contribution in [2.24, 2.45) is 5.73 Å². The van der Waals surface area contributed by atoms with Gasteiger partial charge in [-0.1, -0.05) is 24.3 Å². The van der Waals surface area contributed by atoms with Crippen LogP contribution < -0.4 is 11.1 Å². The number of carbonyl (C=O) groups excluding carboxylic acids is 1. The summed E-state index contributed by atoms with van der Waals surface area (Å²) in [6.45, 7) is -0.145. The molecule has 2 unspecified atom stereocenters. The lowest BCUT2D eigenvalue weighted by Crippen LogP contribution is -2.30. The van der Waals surface area contributed by atoms with Gasteiger partial charge in [0.2, 0.25) is 0 Å². The van der Waals surface area contributed by atoms with Crippen molar-refractivity contribution in [3.8, 4) is 0 Å². The second kappa shape index (κ2) is 7.76. The van der Waals surface area contributed by atoms with Crippen LogP contribution in [0.5, 0.6) is 0 Å². The Labute approximate surface area is 146 Å². The molecule has 1 aliphatic rings. The lowest BCUT2D eigenvalue weighted by Gasteiger charge is -2.23. The predicted octanol–water partition coefficient (Wildman–Crippen LogP) is 3.02. The molecule has 0 fully saturated rings. The van der Waals surface area contributed by atoms with Gasteiger partial charge in [0.1, 0.15) is 5.82 Å². The highest BCUT2D eigenvalue weighted by molar-refractivity contribution is 5.94.